The van der Waals surface area contributed by atoms with Gasteiger partial charge >= 0.3 is 0 Å². The van der Waals surface area contributed by atoms with Crippen molar-refractivity contribution in [1.82, 2.24) is 24.5 Å². The number of likely N-dealkylation sites (tertiary alicyclic amines) is 1. The summed E-state index contributed by atoms with van der Waals surface area (Å²) in [4.78, 5) is 19.8. The number of nitrogens with zero attached hydrogens (tertiary/aromatic N) is 5. The monoisotopic (exact) mass is 333 g/mol. The minimum absolute atomic E-state index is 0.121. The van der Waals surface area contributed by atoms with E-state index in [1.807, 2.05) is 18.0 Å². The highest BCUT2D eigenvalue weighted by Gasteiger charge is 2.25. The SMILES string of the molecule is CC(C)c1cc(C(=O)N2CCN(CCN3CCCC3)CC2)n(C)n1. The smallest absolute Gasteiger partial charge is 0.272 e. The van der Waals surface area contributed by atoms with Crippen LogP contribution in [0.25, 0.3) is 0 Å². The zero-order valence-electron chi connectivity index (χ0n) is 15.4. The number of carbonyl (C=O) groups excluding carboxylic acids is 1. The maximum Gasteiger partial charge on any atom is 0.272 e. The number of hydrogen-bond acceptors (Lipinski definition) is 4. The van der Waals surface area contributed by atoms with E-state index in [1.165, 1.54) is 32.5 Å². The van der Waals surface area contributed by atoms with Gasteiger partial charge in [0.25, 0.3) is 5.91 Å². The van der Waals surface area contributed by atoms with Gasteiger partial charge < -0.3 is 9.80 Å². The Kier molecular flexibility index (Phi) is 5.56. The molecular formula is C18H31N5O. The number of carbonyl (C=O) groups is 1. The van der Waals surface area contributed by atoms with E-state index in [1.54, 1.807) is 4.68 Å². The van der Waals surface area contributed by atoms with Gasteiger partial charge in [-0.2, -0.15) is 5.10 Å². The first-order chi connectivity index (χ1) is 11.5. The van der Waals surface area contributed by atoms with Crippen LogP contribution in [0, 0.1) is 0 Å². The lowest BCUT2D eigenvalue weighted by Crippen LogP contribution is -2.50. The summed E-state index contributed by atoms with van der Waals surface area (Å²) >= 11 is 0. The second-order valence-electron chi connectivity index (χ2n) is 7.42. The molecule has 0 spiro atoms. The van der Waals surface area contributed by atoms with Gasteiger partial charge in [-0.3, -0.25) is 14.4 Å². The Morgan fingerprint density at radius 2 is 1.62 bits per heavy atom. The molecule has 2 aliphatic rings. The summed E-state index contributed by atoms with van der Waals surface area (Å²) in [6.07, 6.45) is 2.71. The summed E-state index contributed by atoms with van der Waals surface area (Å²) in [5, 5.41) is 4.47. The zero-order valence-corrected chi connectivity index (χ0v) is 15.4. The van der Waals surface area contributed by atoms with E-state index in [0.717, 1.165) is 38.4 Å². The summed E-state index contributed by atoms with van der Waals surface area (Å²) < 4.78 is 1.73. The van der Waals surface area contributed by atoms with Crippen molar-refractivity contribution >= 4 is 5.91 Å². The number of piperazine rings is 1. The molecule has 0 bridgehead atoms. The minimum Gasteiger partial charge on any atom is -0.335 e. The fourth-order valence-electron chi connectivity index (χ4n) is 3.60. The maximum absolute atomic E-state index is 12.8. The molecule has 2 saturated heterocycles. The lowest BCUT2D eigenvalue weighted by molar-refractivity contribution is 0.0616. The molecule has 1 amide bonds. The third-order valence-corrected chi connectivity index (χ3v) is 5.30. The molecule has 134 valence electrons. The summed E-state index contributed by atoms with van der Waals surface area (Å²) in [5.74, 6) is 0.469. The van der Waals surface area contributed by atoms with Gasteiger partial charge in [0.15, 0.2) is 0 Å². The van der Waals surface area contributed by atoms with Gasteiger partial charge in [-0.25, -0.2) is 0 Å². The van der Waals surface area contributed by atoms with Gasteiger partial charge in [0.1, 0.15) is 5.69 Å². The van der Waals surface area contributed by atoms with E-state index in [4.69, 9.17) is 0 Å². The summed E-state index contributed by atoms with van der Waals surface area (Å²) in [6.45, 7) is 12.6. The largest absolute Gasteiger partial charge is 0.335 e. The molecular weight excluding hydrogens is 302 g/mol. The Labute approximate surface area is 145 Å². The van der Waals surface area contributed by atoms with Crippen molar-refractivity contribution in [2.24, 2.45) is 7.05 Å². The summed E-state index contributed by atoms with van der Waals surface area (Å²) in [6, 6.07) is 1.95. The lowest BCUT2D eigenvalue weighted by atomic mass is 10.1. The Bertz CT molecular complexity index is 554. The van der Waals surface area contributed by atoms with Crippen LogP contribution in [-0.4, -0.2) is 82.7 Å². The normalized spacial score (nSPS) is 20.2. The van der Waals surface area contributed by atoms with Gasteiger partial charge in [-0.05, 0) is 37.9 Å². The van der Waals surface area contributed by atoms with Crippen molar-refractivity contribution in [3.63, 3.8) is 0 Å². The van der Waals surface area contributed by atoms with Crippen LogP contribution in [-0.2, 0) is 7.05 Å². The third-order valence-electron chi connectivity index (χ3n) is 5.30. The van der Waals surface area contributed by atoms with Crippen molar-refractivity contribution in [3.05, 3.63) is 17.5 Å². The Hall–Kier alpha value is -1.40. The van der Waals surface area contributed by atoms with E-state index in [0.29, 0.717) is 11.6 Å². The summed E-state index contributed by atoms with van der Waals surface area (Å²) in [5.41, 5.74) is 1.70. The third kappa shape index (κ3) is 3.98. The van der Waals surface area contributed by atoms with Crippen LogP contribution < -0.4 is 0 Å². The molecule has 0 saturated carbocycles. The molecule has 6 heteroatoms. The second-order valence-corrected chi connectivity index (χ2v) is 7.42. The predicted octanol–water partition coefficient (Wildman–Crippen LogP) is 1.40. The van der Waals surface area contributed by atoms with Gasteiger partial charge in [0.2, 0.25) is 0 Å². The maximum atomic E-state index is 12.8. The number of hydrogen-bond donors (Lipinski definition) is 0. The average Bonchev–Trinajstić information content (AvgIpc) is 3.22. The fraction of sp³-hybridized carbons (Fsp3) is 0.778. The number of amides is 1. The van der Waals surface area contributed by atoms with Crippen molar-refractivity contribution in [3.8, 4) is 0 Å². The molecule has 2 fully saturated rings. The standard InChI is InChI=1S/C18H31N5O/c1-15(2)16-14-17(20(3)19-16)18(24)23-12-10-22(11-13-23)9-8-21-6-4-5-7-21/h14-15H,4-13H2,1-3H3. The topological polar surface area (TPSA) is 44.6 Å². The Balaban J connectivity index is 1.49. The molecule has 0 unspecified atom stereocenters. The number of aryl methyl sites for hydroxylation is 1. The van der Waals surface area contributed by atoms with Crippen LogP contribution in [0.4, 0.5) is 0 Å². The van der Waals surface area contributed by atoms with Gasteiger partial charge in [0, 0.05) is 46.3 Å². The highest BCUT2D eigenvalue weighted by atomic mass is 16.2. The van der Waals surface area contributed by atoms with Crippen molar-refractivity contribution in [2.45, 2.75) is 32.6 Å². The molecule has 0 N–H and O–H groups in total. The Morgan fingerprint density at radius 1 is 1.04 bits per heavy atom. The van der Waals surface area contributed by atoms with Gasteiger partial charge in [0.05, 0.1) is 5.69 Å². The van der Waals surface area contributed by atoms with Crippen LogP contribution in [0.3, 0.4) is 0 Å². The van der Waals surface area contributed by atoms with Crippen LogP contribution in [0.1, 0.15) is 48.8 Å². The minimum atomic E-state index is 0.121. The van der Waals surface area contributed by atoms with Crippen molar-refractivity contribution < 1.29 is 4.79 Å². The summed E-state index contributed by atoms with van der Waals surface area (Å²) in [7, 11) is 1.87. The van der Waals surface area contributed by atoms with E-state index >= 15 is 0 Å². The fourth-order valence-corrected chi connectivity index (χ4v) is 3.60. The molecule has 0 aliphatic carbocycles. The quantitative estimate of drug-likeness (QED) is 0.817. The second kappa shape index (κ2) is 7.66. The molecule has 24 heavy (non-hydrogen) atoms. The molecule has 2 aliphatic heterocycles. The molecule has 3 rings (SSSR count). The molecule has 6 nitrogen and oxygen atoms in total. The number of rotatable bonds is 5. The highest BCUT2D eigenvalue weighted by Crippen LogP contribution is 2.16. The molecule has 1 aromatic rings. The molecule has 1 aromatic heterocycles. The molecule has 0 atom stereocenters. The molecule has 0 aromatic carbocycles. The van der Waals surface area contributed by atoms with Crippen LogP contribution >= 0.6 is 0 Å². The van der Waals surface area contributed by atoms with Gasteiger partial charge in [-0.15, -0.1) is 0 Å². The lowest BCUT2D eigenvalue weighted by Gasteiger charge is -2.35. The average molecular weight is 333 g/mol. The van der Waals surface area contributed by atoms with E-state index in [2.05, 4.69) is 28.7 Å². The van der Waals surface area contributed by atoms with Crippen LogP contribution in [0.5, 0.6) is 0 Å². The van der Waals surface area contributed by atoms with Gasteiger partial charge in [-0.1, -0.05) is 13.8 Å². The van der Waals surface area contributed by atoms with Crippen molar-refractivity contribution in [1.29, 1.82) is 0 Å². The van der Waals surface area contributed by atoms with Crippen LogP contribution in [0.2, 0.25) is 0 Å². The highest BCUT2D eigenvalue weighted by molar-refractivity contribution is 5.92. The molecule has 3 heterocycles. The zero-order chi connectivity index (χ0) is 17.1. The van der Waals surface area contributed by atoms with E-state index in [-0.39, 0.29) is 5.91 Å². The number of aromatic nitrogens is 2. The molecule has 0 radical (unpaired) electrons. The van der Waals surface area contributed by atoms with E-state index < -0.39 is 0 Å². The first-order valence-electron chi connectivity index (χ1n) is 9.32. The first kappa shape index (κ1) is 17.4. The predicted molar refractivity (Wildman–Crippen MR) is 95.3 cm³/mol. The Morgan fingerprint density at radius 3 is 2.17 bits per heavy atom. The van der Waals surface area contributed by atoms with Crippen LogP contribution in [0.15, 0.2) is 6.07 Å². The van der Waals surface area contributed by atoms with Crippen molar-refractivity contribution in [2.75, 3.05) is 52.4 Å². The van der Waals surface area contributed by atoms with E-state index in [9.17, 15) is 4.79 Å². The first-order valence-corrected chi connectivity index (χ1v) is 9.32.